The number of furan rings is 1. The molecule has 5 heterocycles. The molecule has 31 heavy (non-hydrogen) atoms. The van der Waals surface area contributed by atoms with Crippen LogP contribution in [0.2, 0.25) is 0 Å². The molecule has 1 amide bonds. The van der Waals surface area contributed by atoms with E-state index >= 15 is 0 Å². The molecule has 5 rings (SSSR count). The average molecular weight is 471 g/mol. The van der Waals surface area contributed by atoms with E-state index < -0.39 is 0 Å². The molecule has 0 aromatic carbocycles. The third-order valence-corrected chi connectivity index (χ3v) is 7.42. The molecule has 2 fully saturated rings. The van der Waals surface area contributed by atoms with Gasteiger partial charge in [-0.15, -0.1) is 0 Å². The zero-order valence-electron chi connectivity index (χ0n) is 16.4. The first-order valence-corrected chi connectivity index (χ1v) is 12.1. The highest BCUT2D eigenvalue weighted by Gasteiger charge is 2.33. The Labute approximate surface area is 192 Å². The van der Waals surface area contributed by atoms with Crippen molar-refractivity contribution in [2.45, 2.75) is 6.54 Å². The summed E-state index contributed by atoms with van der Waals surface area (Å²) in [4.78, 5) is 35.3. The Hall–Kier alpha value is -2.56. The van der Waals surface area contributed by atoms with E-state index in [1.165, 1.54) is 21.1 Å². The number of pyridine rings is 1. The van der Waals surface area contributed by atoms with Gasteiger partial charge in [-0.25, -0.2) is 4.98 Å². The van der Waals surface area contributed by atoms with Crippen molar-refractivity contribution >= 4 is 63.5 Å². The van der Waals surface area contributed by atoms with Gasteiger partial charge in [-0.05, 0) is 30.3 Å². The maximum absolute atomic E-state index is 13.4. The Bertz CT molecular complexity index is 1250. The van der Waals surface area contributed by atoms with E-state index in [4.69, 9.17) is 21.6 Å². The first kappa shape index (κ1) is 20.3. The SMILES string of the molecule is O=C1/C(=C/c2c(N3CCSCC3)nc3ccccn3c2=O)SC(=S)N1Cc1ccco1. The van der Waals surface area contributed by atoms with Crippen molar-refractivity contribution in [3.8, 4) is 0 Å². The monoisotopic (exact) mass is 470 g/mol. The fraction of sp³-hybridized carbons (Fsp3) is 0.238. The molecule has 0 radical (unpaired) electrons. The number of hydrogen-bond donors (Lipinski definition) is 0. The van der Waals surface area contributed by atoms with Crippen LogP contribution in [0.3, 0.4) is 0 Å². The minimum atomic E-state index is -0.232. The average Bonchev–Trinajstić information content (AvgIpc) is 3.40. The van der Waals surface area contributed by atoms with Gasteiger partial charge < -0.3 is 9.32 Å². The molecule has 0 spiro atoms. The lowest BCUT2D eigenvalue weighted by molar-refractivity contribution is -0.122. The third-order valence-electron chi connectivity index (χ3n) is 5.10. The van der Waals surface area contributed by atoms with Gasteiger partial charge in [0.05, 0.1) is 23.3 Å². The summed E-state index contributed by atoms with van der Waals surface area (Å²) < 4.78 is 7.31. The highest BCUT2D eigenvalue weighted by molar-refractivity contribution is 8.26. The largest absolute Gasteiger partial charge is 0.467 e. The molecule has 2 aliphatic heterocycles. The van der Waals surface area contributed by atoms with Crippen LogP contribution in [-0.4, -0.2) is 49.1 Å². The number of aromatic nitrogens is 2. The van der Waals surface area contributed by atoms with Gasteiger partial charge in [0.2, 0.25) is 0 Å². The molecule has 3 aromatic rings. The second-order valence-electron chi connectivity index (χ2n) is 7.03. The smallest absolute Gasteiger partial charge is 0.267 e. The van der Waals surface area contributed by atoms with Crippen molar-refractivity contribution in [2.24, 2.45) is 0 Å². The number of anilines is 1. The second kappa shape index (κ2) is 8.52. The van der Waals surface area contributed by atoms with Gasteiger partial charge >= 0.3 is 0 Å². The summed E-state index contributed by atoms with van der Waals surface area (Å²) in [6.07, 6.45) is 4.90. The van der Waals surface area contributed by atoms with Gasteiger partial charge in [-0.2, -0.15) is 11.8 Å². The fourth-order valence-corrected chi connectivity index (χ4v) is 5.70. The van der Waals surface area contributed by atoms with Gasteiger partial charge in [-0.3, -0.25) is 18.9 Å². The van der Waals surface area contributed by atoms with E-state index in [1.807, 2.05) is 23.9 Å². The second-order valence-corrected chi connectivity index (χ2v) is 9.93. The Morgan fingerprint density at radius 2 is 2.00 bits per heavy atom. The Morgan fingerprint density at radius 1 is 1.16 bits per heavy atom. The number of hydrogen-bond acceptors (Lipinski definition) is 8. The zero-order chi connectivity index (χ0) is 21.4. The Kier molecular flexibility index (Phi) is 5.59. The first-order chi connectivity index (χ1) is 15.1. The lowest BCUT2D eigenvalue weighted by Crippen LogP contribution is -2.35. The van der Waals surface area contributed by atoms with Crippen molar-refractivity contribution < 1.29 is 9.21 Å². The van der Waals surface area contributed by atoms with Crippen molar-refractivity contribution in [1.29, 1.82) is 0 Å². The number of thioether (sulfide) groups is 2. The summed E-state index contributed by atoms with van der Waals surface area (Å²) in [5.74, 6) is 2.98. The number of rotatable bonds is 4. The number of carbonyl (C=O) groups is 1. The van der Waals surface area contributed by atoms with Crippen LogP contribution in [-0.2, 0) is 11.3 Å². The normalized spacial score (nSPS) is 18.5. The maximum Gasteiger partial charge on any atom is 0.267 e. The van der Waals surface area contributed by atoms with Crippen molar-refractivity contribution in [3.05, 3.63) is 69.4 Å². The van der Waals surface area contributed by atoms with E-state index in [2.05, 4.69) is 4.90 Å². The van der Waals surface area contributed by atoms with E-state index in [1.54, 1.807) is 36.7 Å². The van der Waals surface area contributed by atoms with Crippen LogP contribution in [0.15, 0.2) is 56.9 Å². The predicted octanol–water partition coefficient (Wildman–Crippen LogP) is 3.24. The molecule has 7 nitrogen and oxygen atoms in total. The summed E-state index contributed by atoms with van der Waals surface area (Å²) in [6.45, 7) is 1.88. The summed E-state index contributed by atoms with van der Waals surface area (Å²) >= 11 is 8.51. The van der Waals surface area contributed by atoms with Crippen LogP contribution in [0, 0.1) is 0 Å². The molecule has 0 unspecified atom stereocenters. The fourth-order valence-electron chi connectivity index (χ4n) is 3.56. The van der Waals surface area contributed by atoms with E-state index in [-0.39, 0.29) is 18.0 Å². The molecule has 2 saturated heterocycles. The van der Waals surface area contributed by atoms with Gasteiger partial charge in [0.15, 0.2) is 0 Å². The van der Waals surface area contributed by atoms with Crippen LogP contribution in [0.1, 0.15) is 11.3 Å². The Balaban J connectivity index is 1.58. The molecule has 3 aromatic heterocycles. The molecular weight excluding hydrogens is 452 g/mol. The minimum absolute atomic E-state index is 0.199. The number of carbonyl (C=O) groups excluding carboxylic acids is 1. The highest BCUT2D eigenvalue weighted by atomic mass is 32.2. The lowest BCUT2D eigenvalue weighted by atomic mass is 10.2. The molecular formula is C21H18N4O3S3. The van der Waals surface area contributed by atoms with Gasteiger partial charge in [0, 0.05) is 30.8 Å². The molecule has 0 bridgehead atoms. The summed E-state index contributed by atoms with van der Waals surface area (Å²) in [7, 11) is 0. The summed E-state index contributed by atoms with van der Waals surface area (Å²) in [5.41, 5.74) is 0.799. The quantitative estimate of drug-likeness (QED) is 0.425. The van der Waals surface area contributed by atoms with Crippen LogP contribution >= 0.6 is 35.7 Å². The van der Waals surface area contributed by atoms with Crippen molar-refractivity contribution in [3.63, 3.8) is 0 Å². The third kappa shape index (κ3) is 3.90. The van der Waals surface area contributed by atoms with Crippen LogP contribution in [0.4, 0.5) is 5.82 Å². The van der Waals surface area contributed by atoms with Crippen LogP contribution in [0.5, 0.6) is 0 Å². The lowest BCUT2D eigenvalue weighted by Gasteiger charge is -2.28. The van der Waals surface area contributed by atoms with Gasteiger partial charge in [0.1, 0.15) is 21.5 Å². The standard InChI is InChI=1S/C21H18N4O3S3/c26-19-15(12-16-20(27)25(21(29)31-16)13-14-4-3-9-28-14)18(23-7-10-30-11-8-23)22-17-5-1-2-6-24(17)19/h1-6,9,12H,7-8,10-11,13H2/b16-12-. The van der Waals surface area contributed by atoms with E-state index in [9.17, 15) is 9.59 Å². The molecule has 0 saturated carbocycles. The minimum Gasteiger partial charge on any atom is -0.467 e. The molecule has 158 valence electrons. The molecule has 2 aliphatic rings. The number of thiocarbonyl (C=S) groups is 1. The number of amides is 1. The molecule has 0 aliphatic carbocycles. The Morgan fingerprint density at radius 3 is 2.77 bits per heavy atom. The number of nitrogens with zero attached hydrogens (tertiary/aromatic N) is 4. The molecule has 0 N–H and O–H groups in total. The summed E-state index contributed by atoms with van der Waals surface area (Å²) in [5, 5.41) is 0. The van der Waals surface area contributed by atoms with Gasteiger partial charge in [0.25, 0.3) is 11.5 Å². The highest BCUT2D eigenvalue weighted by Crippen LogP contribution is 2.34. The topological polar surface area (TPSA) is 71.1 Å². The predicted molar refractivity (Wildman–Crippen MR) is 128 cm³/mol. The summed E-state index contributed by atoms with van der Waals surface area (Å²) in [6, 6.07) is 9.04. The molecule has 0 atom stereocenters. The zero-order valence-corrected chi connectivity index (χ0v) is 18.8. The first-order valence-electron chi connectivity index (χ1n) is 9.73. The van der Waals surface area contributed by atoms with E-state index in [0.717, 1.165) is 24.6 Å². The number of fused-ring (bicyclic) bond motifs is 1. The maximum atomic E-state index is 13.4. The van der Waals surface area contributed by atoms with Gasteiger partial charge in [-0.1, -0.05) is 30.0 Å². The van der Waals surface area contributed by atoms with Crippen LogP contribution < -0.4 is 10.5 Å². The molecule has 10 heteroatoms. The van der Waals surface area contributed by atoms with Crippen molar-refractivity contribution in [1.82, 2.24) is 14.3 Å². The van der Waals surface area contributed by atoms with Crippen molar-refractivity contribution in [2.75, 3.05) is 29.5 Å². The van der Waals surface area contributed by atoms with Crippen LogP contribution in [0.25, 0.3) is 11.7 Å². The van der Waals surface area contributed by atoms with E-state index in [0.29, 0.717) is 32.0 Å².